The molecule has 0 unspecified atom stereocenters. The molecular formula is C13H22N6OS. The van der Waals surface area contributed by atoms with Crippen LogP contribution < -0.4 is 16.2 Å². The largest absolute Gasteiger partial charge is 0.378 e. The predicted octanol–water partition coefficient (Wildman–Crippen LogP) is 1.42. The third kappa shape index (κ3) is 3.96. The van der Waals surface area contributed by atoms with Crippen molar-refractivity contribution in [2.24, 2.45) is 5.84 Å². The van der Waals surface area contributed by atoms with Crippen LogP contribution in [-0.4, -0.2) is 46.5 Å². The lowest BCUT2D eigenvalue weighted by Gasteiger charge is -2.27. The number of thioether (sulfide) groups is 1. The average Bonchev–Trinajstić information content (AvgIpc) is 2.56. The van der Waals surface area contributed by atoms with E-state index in [-0.39, 0.29) is 0 Å². The van der Waals surface area contributed by atoms with Crippen molar-refractivity contribution in [2.75, 3.05) is 36.6 Å². The van der Waals surface area contributed by atoms with Gasteiger partial charge < -0.3 is 9.64 Å². The van der Waals surface area contributed by atoms with E-state index in [4.69, 9.17) is 10.6 Å². The molecule has 1 aliphatic heterocycles. The van der Waals surface area contributed by atoms with Crippen molar-refractivity contribution in [1.82, 2.24) is 15.0 Å². The van der Waals surface area contributed by atoms with Crippen molar-refractivity contribution in [3.8, 4) is 0 Å². The monoisotopic (exact) mass is 310 g/mol. The molecule has 7 nitrogen and oxygen atoms in total. The fourth-order valence-electron chi connectivity index (χ4n) is 2.70. The van der Waals surface area contributed by atoms with E-state index in [9.17, 15) is 0 Å². The smallest absolute Gasteiger partial charge is 0.242 e. The second-order valence-corrected chi connectivity index (χ2v) is 6.63. The molecule has 0 spiro atoms. The van der Waals surface area contributed by atoms with E-state index >= 15 is 0 Å². The van der Waals surface area contributed by atoms with Crippen molar-refractivity contribution in [2.45, 2.75) is 42.5 Å². The molecule has 8 heteroatoms. The number of nitrogen functional groups attached to an aromatic ring is 1. The number of nitrogens with one attached hydrogen (secondary N) is 1. The van der Waals surface area contributed by atoms with Gasteiger partial charge in [-0.2, -0.15) is 15.0 Å². The van der Waals surface area contributed by atoms with Crippen LogP contribution in [0.2, 0.25) is 0 Å². The maximum atomic E-state index is 5.50. The minimum absolute atomic E-state index is 0.435. The standard InChI is InChI=1S/C13H22N6OS/c14-18-11-15-12(19-6-8-20-9-7-19)17-13(16-11)21-10-4-2-1-3-5-10/h10H,1-9,14H2,(H,15,16,17,18). The van der Waals surface area contributed by atoms with E-state index in [1.807, 2.05) is 0 Å². The zero-order valence-corrected chi connectivity index (χ0v) is 12.9. The maximum absolute atomic E-state index is 5.50. The number of ether oxygens (including phenoxy) is 1. The number of aromatic nitrogens is 3. The molecule has 0 bridgehead atoms. The number of nitrogens with two attached hydrogens (primary N) is 1. The summed E-state index contributed by atoms with van der Waals surface area (Å²) < 4.78 is 5.37. The van der Waals surface area contributed by atoms with Gasteiger partial charge in [0.25, 0.3) is 0 Å². The number of morpholine rings is 1. The minimum atomic E-state index is 0.435. The average molecular weight is 310 g/mol. The molecule has 0 atom stereocenters. The highest BCUT2D eigenvalue weighted by Gasteiger charge is 2.20. The van der Waals surface area contributed by atoms with Gasteiger partial charge in [0.05, 0.1) is 13.2 Å². The fourth-order valence-corrected chi connectivity index (χ4v) is 3.84. The Labute approximate surface area is 129 Å². The lowest BCUT2D eigenvalue weighted by Crippen LogP contribution is -2.37. The van der Waals surface area contributed by atoms with Gasteiger partial charge >= 0.3 is 0 Å². The molecule has 21 heavy (non-hydrogen) atoms. The van der Waals surface area contributed by atoms with Crippen molar-refractivity contribution in [3.63, 3.8) is 0 Å². The molecule has 0 radical (unpaired) electrons. The van der Waals surface area contributed by atoms with Crippen LogP contribution in [-0.2, 0) is 4.74 Å². The highest BCUT2D eigenvalue weighted by atomic mass is 32.2. The lowest BCUT2D eigenvalue weighted by molar-refractivity contribution is 0.122. The Balaban J connectivity index is 1.75. The summed E-state index contributed by atoms with van der Waals surface area (Å²) in [7, 11) is 0. The second kappa shape index (κ2) is 7.24. The van der Waals surface area contributed by atoms with E-state index in [1.165, 1.54) is 32.1 Å². The summed E-state index contributed by atoms with van der Waals surface area (Å²) in [6.07, 6.45) is 6.45. The maximum Gasteiger partial charge on any atom is 0.242 e. The van der Waals surface area contributed by atoms with Gasteiger partial charge in [0.15, 0.2) is 5.16 Å². The van der Waals surface area contributed by atoms with Gasteiger partial charge in [-0.15, -0.1) is 0 Å². The molecule has 3 N–H and O–H groups in total. The van der Waals surface area contributed by atoms with Crippen molar-refractivity contribution < 1.29 is 4.74 Å². The SMILES string of the molecule is NNc1nc(SC2CCCCC2)nc(N2CCOCC2)n1. The molecule has 2 heterocycles. The number of rotatable bonds is 4. The quantitative estimate of drug-likeness (QED) is 0.637. The summed E-state index contributed by atoms with van der Waals surface area (Å²) in [4.78, 5) is 15.5. The Hall–Kier alpha value is -1.12. The van der Waals surface area contributed by atoms with Crippen LogP contribution in [0.4, 0.5) is 11.9 Å². The first-order valence-corrected chi connectivity index (χ1v) is 8.45. The topological polar surface area (TPSA) is 89.2 Å². The summed E-state index contributed by atoms with van der Waals surface area (Å²) in [6.45, 7) is 3.04. The van der Waals surface area contributed by atoms with Crippen LogP contribution in [0, 0.1) is 0 Å². The molecule has 2 fully saturated rings. The first-order valence-electron chi connectivity index (χ1n) is 7.57. The second-order valence-electron chi connectivity index (χ2n) is 5.36. The number of hydrogen-bond acceptors (Lipinski definition) is 8. The molecule has 1 saturated heterocycles. The molecule has 116 valence electrons. The predicted molar refractivity (Wildman–Crippen MR) is 83.4 cm³/mol. The van der Waals surface area contributed by atoms with E-state index in [0.29, 0.717) is 30.4 Å². The van der Waals surface area contributed by atoms with Gasteiger partial charge in [0, 0.05) is 18.3 Å². The molecular weight excluding hydrogens is 288 g/mol. The number of hydrogen-bond donors (Lipinski definition) is 2. The first-order chi connectivity index (χ1) is 10.3. The summed E-state index contributed by atoms with van der Waals surface area (Å²) in [5, 5.41) is 1.38. The Morgan fingerprint density at radius 2 is 1.86 bits per heavy atom. The third-order valence-corrected chi connectivity index (χ3v) is 5.05. The minimum Gasteiger partial charge on any atom is -0.378 e. The van der Waals surface area contributed by atoms with Gasteiger partial charge in [0.2, 0.25) is 11.9 Å². The third-order valence-electron chi connectivity index (χ3n) is 3.85. The van der Waals surface area contributed by atoms with Gasteiger partial charge in [-0.1, -0.05) is 31.0 Å². The van der Waals surface area contributed by atoms with Crippen LogP contribution in [0.15, 0.2) is 5.16 Å². The summed E-state index contributed by atoms with van der Waals surface area (Å²) in [5.74, 6) is 6.62. The Morgan fingerprint density at radius 3 is 2.57 bits per heavy atom. The summed E-state index contributed by atoms with van der Waals surface area (Å²) in [6, 6.07) is 0. The van der Waals surface area contributed by atoms with Gasteiger partial charge in [-0.3, -0.25) is 5.43 Å². The Kier molecular flexibility index (Phi) is 5.10. The van der Waals surface area contributed by atoms with Crippen LogP contribution in [0.3, 0.4) is 0 Å². The van der Waals surface area contributed by atoms with Crippen LogP contribution >= 0.6 is 11.8 Å². The normalized spacial score (nSPS) is 20.5. The highest BCUT2D eigenvalue weighted by Crippen LogP contribution is 2.32. The van der Waals surface area contributed by atoms with Gasteiger partial charge in [-0.25, -0.2) is 5.84 Å². The van der Waals surface area contributed by atoms with Crippen molar-refractivity contribution in [3.05, 3.63) is 0 Å². The molecule has 1 aliphatic carbocycles. The number of nitrogens with zero attached hydrogens (tertiary/aromatic N) is 4. The molecule has 1 aromatic rings. The molecule has 2 aliphatic rings. The molecule has 1 aromatic heterocycles. The molecule has 0 aromatic carbocycles. The van der Waals surface area contributed by atoms with Gasteiger partial charge in [-0.05, 0) is 12.8 Å². The lowest BCUT2D eigenvalue weighted by atomic mass is 10.0. The summed E-state index contributed by atoms with van der Waals surface area (Å²) in [5.41, 5.74) is 2.55. The van der Waals surface area contributed by atoms with E-state index in [2.05, 4.69) is 25.3 Å². The van der Waals surface area contributed by atoms with Crippen LogP contribution in [0.25, 0.3) is 0 Å². The van der Waals surface area contributed by atoms with Crippen molar-refractivity contribution in [1.29, 1.82) is 0 Å². The molecule has 1 saturated carbocycles. The molecule has 0 amide bonds. The Morgan fingerprint density at radius 1 is 1.10 bits per heavy atom. The first kappa shape index (κ1) is 14.8. The summed E-state index contributed by atoms with van der Waals surface area (Å²) >= 11 is 1.76. The zero-order valence-electron chi connectivity index (χ0n) is 12.1. The van der Waals surface area contributed by atoms with E-state index in [1.54, 1.807) is 11.8 Å². The fraction of sp³-hybridized carbons (Fsp3) is 0.769. The van der Waals surface area contributed by atoms with Crippen LogP contribution in [0.5, 0.6) is 0 Å². The number of hydrazine groups is 1. The number of anilines is 2. The van der Waals surface area contributed by atoms with E-state index in [0.717, 1.165) is 18.2 Å². The molecule has 3 rings (SSSR count). The van der Waals surface area contributed by atoms with Gasteiger partial charge in [0.1, 0.15) is 0 Å². The van der Waals surface area contributed by atoms with E-state index < -0.39 is 0 Å². The van der Waals surface area contributed by atoms with Crippen molar-refractivity contribution >= 4 is 23.7 Å². The highest BCUT2D eigenvalue weighted by molar-refractivity contribution is 7.99. The Bertz CT molecular complexity index is 462. The zero-order chi connectivity index (χ0) is 14.5. The van der Waals surface area contributed by atoms with Crippen LogP contribution in [0.1, 0.15) is 32.1 Å².